The fourth-order valence-corrected chi connectivity index (χ4v) is 1.76. The number of amides is 1. The minimum absolute atomic E-state index is 0.373. The molecule has 0 fully saturated rings. The van der Waals surface area contributed by atoms with Gasteiger partial charge in [0.15, 0.2) is 0 Å². The Hall–Kier alpha value is -0.250. The number of hydrogen-bond acceptors (Lipinski definition) is 1. The van der Waals surface area contributed by atoms with Crippen LogP contribution in [0.5, 0.6) is 0 Å². The summed E-state index contributed by atoms with van der Waals surface area (Å²) in [5.41, 5.74) is 5.92. The highest BCUT2D eigenvalue weighted by atomic mass is 79.9. The van der Waals surface area contributed by atoms with Crippen LogP contribution in [0.4, 0.5) is 0 Å². The lowest BCUT2D eigenvalue weighted by atomic mass is 10.1. The summed E-state index contributed by atoms with van der Waals surface area (Å²) in [6.07, 6.45) is 0.373. The van der Waals surface area contributed by atoms with Crippen molar-refractivity contribution in [3.8, 4) is 0 Å². The third-order valence-corrected chi connectivity index (χ3v) is 3.09. The largest absolute Gasteiger partial charge is 0.368 e. The monoisotopic (exact) mass is 295 g/mol. The zero-order valence-electron chi connectivity index (χ0n) is 7.14. The first-order valence-electron chi connectivity index (χ1n) is 3.88. The summed E-state index contributed by atoms with van der Waals surface area (Å²) in [6, 6.07) is 5.31. The van der Waals surface area contributed by atoms with Crippen molar-refractivity contribution in [1.82, 2.24) is 0 Å². The normalized spacial score (nSPS) is 12.5. The fourth-order valence-electron chi connectivity index (χ4n) is 0.993. The molecule has 1 aromatic rings. The minimum atomic E-state index is -0.704. The molecule has 1 rings (SSSR count). The molecule has 0 saturated heterocycles. The van der Waals surface area contributed by atoms with E-state index in [1.54, 1.807) is 12.1 Å². The Morgan fingerprint density at radius 3 is 2.79 bits per heavy atom. The van der Waals surface area contributed by atoms with Gasteiger partial charge in [0.1, 0.15) is 5.38 Å². The van der Waals surface area contributed by atoms with Gasteiger partial charge in [-0.3, -0.25) is 4.79 Å². The van der Waals surface area contributed by atoms with Gasteiger partial charge >= 0.3 is 0 Å². The summed E-state index contributed by atoms with van der Waals surface area (Å²) in [7, 11) is 0. The molecule has 2 N–H and O–H groups in total. The lowest BCUT2D eigenvalue weighted by Gasteiger charge is -2.07. The topological polar surface area (TPSA) is 43.1 Å². The Labute approximate surface area is 101 Å². The first-order chi connectivity index (χ1) is 6.50. The second-order valence-corrected chi connectivity index (χ2v) is 4.63. The second-order valence-electron chi connectivity index (χ2n) is 2.81. The van der Waals surface area contributed by atoms with E-state index >= 15 is 0 Å². The maximum Gasteiger partial charge on any atom is 0.235 e. The molecule has 2 nitrogen and oxygen atoms in total. The van der Waals surface area contributed by atoms with Crippen LogP contribution in [0.2, 0.25) is 5.02 Å². The number of carbonyl (C=O) groups excluding carboxylic acids is 1. The predicted molar refractivity (Wildman–Crippen MR) is 61.7 cm³/mol. The number of primary amides is 1. The Kier molecular flexibility index (Phi) is 4.23. The van der Waals surface area contributed by atoms with Crippen molar-refractivity contribution in [2.24, 2.45) is 5.73 Å². The molecule has 1 aromatic carbocycles. The predicted octanol–water partition coefficient (Wildman–Crippen LogP) is 2.74. The summed E-state index contributed by atoms with van der Waals surface area (Å²) in [5, 5.41) is -0.0960. The molecule has 0 bridgehead atoms. The van der Waals surface area contributed by atoms with E-state index in [1.807, 2.05) is 6.07 Å². The van der Waals surface area contributed by atoms with Gasteiger partial charge in [-0.05, 0) is 30.2 Å². The van der Waals surface area contributed by atoms with Crippen LogP contribution in [0.1, 0.15) is 5.56 Å². The zero-order chi connectivity index (χ0) is 10.7. The Morgan fingerprint density at radius 1 is 1.57 bits per heavy atom. The molecule has 0 radical (unpaired) electrons. The first-order valence-corrected chi connectivity index (χ1v) is 5.48. The number of nitrogens with two attached hydrogens (primary N) is 1. The average molecular weight is 297 g/mol. The Bertz CT molecular complexity index is 357. The van der Waals surface area contributed by atoms with E-state index < -0.39 is 11.3 Å². The van der Waals surface area contributed by atoms with Crippen molar-refractivity contribution in [1.29, 1.82) is 0 Å². The van der Waals surface area contributed by atoms with Gasteiger partial charge in [0, 0.05) is 9.50 Å². The van der Waals surface area contributed by atoms with Crippen LogP contribution in [0.15, 0.2) is 22.7 Å². The molecule has 1 unspecified atom stereocenters. The summed E-state index contributed by atoms with van der Waals surface area (Å²) in [4.78, 5) is 10.7. The van der Waals surface area contributed by atoms with Gasteiger partial charge in [-0.25, -0.2) is 0 Å². The van der Waals surface area contributed by atoms with E-state index in [2.05, 4.69) is 15.9 Å². The number of rotatable bonds is 3. The first kappa shape index (κ1) is 11.8. The van der Waals surface area contributed by atoms with Crippen molar-refractivity contribution in [3.05, 3.63) is 33.3 Å². The van der Waals surface area contributed by atoms with Crippen molar-refractivity contribution >= 4 is 45.0 Å². The molecule has 0 aliphatic heterocycles. The minimum Gasteiger partial charge on any atom is -0.368 e. The average Bonchev–Trinajstić information content (AvgIpc) is 2.11. The number of hydrogen-bond donors (Lipinski definition) is 1. The van der Waals surface area contributed by atoms with Crippen LogP contribution < -0.4 is 5.73 Å². The highest BCUT2D eigenvalue weighted by Gasteiger charge is 2.13. The molecule has 0 saturated carbocycles. The summed E-state index contributed by atoms with van der Waals surface area (Å²) < 4.78 is 0.869. The van der Waals surface area contributed by atoms with Gasteiger partial charge < -0.3 is 5.73 Å². The molecule has 1 atom stereocenters. The van der Waals surface area contributed by atoms with E-state index in [-0.39, 0.29) is 0 Å². The molecular weight excluding hydrogens is 289 g/mol. The summed E-state index contributed by atoms with van der Waals surface area (Å²) >= 11 is 14.9. The molecule has 76 valence electrons. The maximum absolute atomic E-state index is 10.7. The molecule has 0 aliphatic rings. The molecule has 0 spiro atoms. The standard InChI is InChI=1S/C9H8BrCl2NO/c10-7-2-1-6(11)3-5(7)4-8(12)9(13)14/h1-3,8H,4H2,(H2,13,14). The van der Waals surface area contributed by atoms with Crippen molar-refractivity contribution in [3.63, 3.8) is 0 Å². The van der Waals surface area contributed by atoms with Crippen LogP contribution in [-0.4, -0.2) is 11.3 Å². The molecule has 0 aromatic heterocycles. The number of benzene rings is 1. The number of alkyl halides is 1. The van der Waals surface area contributed by atoms with E-state index in [9.17, 15) is 4.79 Å². The van der Waals surface area contributed by atoms with E-state index in [4.69, 9.17) is 28.9 Å². The highest BCUT2D eigenvalue weighted by molar-refractivity contribution is 9.10. The Balaban J connectivity index is 2.85. The van der Waals surface area contributed by atoms with Crippen LogP contribution in [-0.2, 0) is 11.2 Å². The van der Waals surface area contributed by atoms with Gasteiger partial charge in [-0.15, -0.1) is 11.6 Å². The van der Waals surface area contributed by atoms with Gasteiger partial charge in [-0.1, -0.05) is 27.5 Å². The lowest BCUT2D eigenvalue weighted by Crippen LogP contribution is -2.25. The molecular formula is C9H8BrCl2NO. The second kappa shape index (κ2) is 5.01. The van der Waals surface area contributed by atoms with Crippen molar-refractivity contribution in [2.45, 2.75) is 11.8 Å². The third-order valence-electron chi connectivity index (χ3n) is 1.72. The van der Waals surface area contributed by atoms with Gasteiger partial charge in [0.05, 0.1) is 0 Å². The SMILES string of the molecule is NC(=O)C(Cl)Cc1cc(Cl)ccc1Br. The quantitative estimate of drug-likeness (QED) is 0.856. The van der Waals surface area contributed by atoms with Crippen LogP contribution in [0.25, 0.3) is 0 Å². The fraction of sp³-hybridized carbons (Fsp3) is 0.222. The van der Waals surface area contributed by atoms with Gasteiger partial charge in [0.2, 0.25) is 5.91 Å². The molecule has 1 amide bonds. The van der Waals surface area contributed by atoms with Crippen molar-refractivity contribution < 1.29 is 4.79 Å². The third kappa shape index (κ3) is 3.15. The maximum atomic E-state index is 10.7. The van der Waals surface area contributed by atoms with E-state index in [1.165, 1.54) is 0 Å². The molecule has 14 heavy (non-hydrogen) atoms. The number of carbonyl (C=O) groups is 1. The summed E-state index contributed by atoms with van der Waals surface area (Å²) in [5.74, 6) is -0.529. The highest BCUT2D eigenvalue weighted by Crippen LogP contribution is 2.23. The van der Waals surface area contributed by atoms with Crippen LogP contribution in [0, 0.1) is 0 Å². The van der Waals surface area contributed by atoms with E-state index in [0.29, 0.717) is 11.4 Å². The molecule has 0 aliphatic carbocycles. The van der Waals surface area contributed by atoms with Gasteiger partial charge in [0.25, 0.3) is 0 Å². The Morgan fingerprint density at radius 2 is 2.21 bits per heavy atom. The zero-order valence-corrected chi connectivity index (χ0v) is 10.2. The smallest absolute Gasteiger partial charge is 0.235 e. The molecule has 5 heteroatoms. The summed E-state index contributed by atoms with van der Waals surface area (Å²) in [6.45, 7) is 0. The number of halogens is 3. The molecule has 0 heterocycles. The van der Waals surface area contributed by atoms with E-state index in [0.717, 1.165) is 10.0 Å². The lowest BCUT2D eigenvalue weighted by molar-refractivity contribution is -0.117. The van der Waals surface area contributed by atoms with Crippen LogP contribution in [0.3, 0.4) is 0 Å². The van der Waals surface area contributed by atoms with Crippen LogP contribution >= 0.6 is 39.1 Å². The van der Waals surface area contributed by atoms with Crippen molar-refractivity contribution in [2.75, 3.05) is 0 Å². The van der Waals surface area contributed by atoms with Gasteiger partial charge in [-0.2, -0.15) is 0 Å².